The molecule has 1 atom stereocenters. The van der Waals surface area contributed by atoms with E-state index in [2.05, 4.69) is 5.32 Å². The van der Waals surface area contributed by atoms with Crippen molar-refractivity contribution in [3.63, 3.8) is 0 Å². The Morgan fingerprint density at radius 1 is 0.750 bits per heavy atom. The molecule has 0 aromatic heterocycles. The maximum absolute atomic E-state index is 14.1. The first kappa shape index (κ1) is 23.9. The highest BCUT2D eigenvalue weighted by atomic mass is 35.5. The summed E-state index contributed by atoms with van der Waals surface area (Å²) in [7, 11) is 0. The van der Waals surface area contributed by atoms with Crippen molar-refractivity contribution >= 4 is 12.4 Å². The third kappa shape index (κ3) is 5.94. The number of piperazine rings is 1. The fraction of sp³-hybridized carbons (Fsp3) is 0.250. The predicted molar refractivity (Wildman–Crippen MR) is 120 cm³/mol. The lowest BCUT2D eigenvalue weighted by Gasteiger charge is -2.36. The number of ether oxygens (including phenoxy) is 2. The number of rotatable bonds is 6. The van der Waals surface area contributed by atoms with Crippen molar-refractivity contribution in [2.75, 3.05) is 26.2 Å². The standard InChI is InChI=1S/C24H23F3N2O2.ClH/c25-24(26,27)23(29-15-13-28-14-16-29)18-11-12-21(30-19-7-3-1-4-8-19)22(17-18)31-20-9-5-2-6-10-20;/h1-12,17,23,28H,13-16H2;1H/t23-;/m1./s1. The summed E-state index contributed by atoms with van der Waals surface area (Å²) in [4.78, 5) is 1.45. The van der Waals surface area contributed by atoms with Gasteiger partial charge in [0.1, 0.15) is 17.5 Å². The molecular formula is C24H24ClF3N2O2. The molecule has 0 unspecified atom stereocenters. The van der Waals surface area contributed by atoms with Crippen LogP contribution in [0.2, 0.25) is 0 Å². The smallest absolute Gasteiger partial charge is 0.408 e. The average molecular weight is 465 g/mol. The summed E-state index contributed by atoms with van der Waals surface area (Å²) in [5.74, 6) is 1.67. The minimum absolute atomic E-state index is 0. The summed E-state index contributed by atoms with van der Waals surface area (Å²) in [5.41, 5.74) is 0.126. The number of alkyl halides is 3. The average Bonchev–Trinajstić information content (AvgIpc) is 2.77. The van der Waals surface area contributed by atoms with Gasteiger partial charge in [-0.25, -0.2) is 0 Å². The number of para-hydroxylation sites is 2. The molecule has 1 N–H and O–H groups in total. The number of benzene rings is 3. The van der Waals surface area contributed by atoms with E-state index in [1.807, 2.05) is 24.3 Å². The Hall–Kier alpha value is -2.74. The fourth-order valence-electron chi connectivity index (χ4n) is 3.64. The van der Waals surface area contributed by atoms with Gasteiger partial charge >= 0.3 is 6.18 Å². The third-order valence-electron chi connectivity index (χ3n) is 5.05. The summed E-state index contributed by atoms with van der Waals surface area (Å²) in [6.07, 6.45) is -4.41. The molecule has 0 aliphatic carbocycles. The van der Waals surface area contributed by atoms with Gasteiger partial charge < -0.3 is 14.8 Å². The zero-order valence-corrected chi connectivity index (χ0v) is 18.0. The molecule has 1 heterocycles. The van der Waals surface area contributed by atoms with Crippen LogP contribution in [0, 0.1) is 0 Å². The van der Waals surface area contributed by atoms with Crippen LogP contribution < -0.4 is 14.8 Å². The minimum Gasteiger partial charge on any atom is -0.453 e. The van der Waals surface area contributed by atoms with E-state index in [1.165, 1.54) is 17.0 Å². The highest BCUT2D eigenvalue weighted by Gasteiger charge is 2.45. The first-order chi connectivity index (χ1) is 15.0. The Morgan fingerprint density at radius 2 is 1.28 bits per heavy atom. The van der Waals surface area contributed by atoms with Crippen LogP contribution in [0.1, 0.15) is 11.6 Å². The molecule has 32 heavy (non-hydrogen) atoms. The molecule has 8 heteroatoms. The van der Waals surface area contributed by atoms with Gasteiger partial charge in [-0.05, 0) is 42.0 Å². The highest BCUT2D eigenvalue weighted by molar-refractivity contribution is 5.85. The normalized spacial score (nSPS) is 15.5. The zero-order chi connectivity index (χ0) is 21.7. The Morgan fingerprint density at radius 3 is 1.81 bits per heavy atom. The van der Waals surface area contributed by atoms with E-state index in [4.69, 9.17) is 9.47 Å². The largest absolute Gasteiger partial charge is 0.453 e. The molecule has 0 saturated carbocycles. The lowest BCUT2D eigenvalue weighted by Crippen LogP contribution is -2.49. The first-order valence-electron chi connectivity index (χ1n) is 10.1. The molecule has 170 valence electrons. The van der Waals surface area contributed by atoms with Crippen LogP contribution in [0.15, 0.2) is 78.9 Å². The summed E-state index contributed by atoms with van der Waals surface area (Å²) >= 11 is 0. The van der Waals surface area contributed by atoms with E-state index >= 15 is 0 Å². The Balaban J connectivity index is 0.00000289. The van der Waals surface area contributed by atoms with Crippen molar-refractivity contribution in [3.05, 3.63) is 84.4 Å². The van der Waals surface area contributed by atoms with Crippen LogP contribution in [-0.4, -0.2) is 37.3 Å². The van der Waals surface area contributed by atoms with E-state index in [1.54, 1.807) is 42.5 Å². The van der Waals surface area contributed by atoms with Gasteiger partial charge in [0.25, 0.3) is 0 Å². The number of nitrogens with zero attached hydrogens (tertiary/aromatic N) is 1. The van der Waals surface area contributed by atoms with Crippen LogP contribution >= 0.6 is 12.4 Å². The molecular weight excluding hydrogens is 441 g/mol. The van der Waals surface area contributed by atoms with Crippen molar-refractivity contribution in [2.24, 2.45) is 0 Å². The Bertz CT molecular complexity index is 982. The maximum atomic E-state index is 14.1. The summed E-state index contributed by atoms with van der Waals surface area (Å²) < 4.78 is 54.1. The van der Waals surface area contributed by atoms with Gasteiger partial charge in [0, 0.05) is 26.2 Å². The second-order valence-electron chi connectivity index (χ2n) is 7.27. The van der Waals surface area contributed by atoms with E-state index in [9.17, 15) is 13.2 Å². The van der Waals surface area contributed by atoms with Crippen molar-refractivity contribution in [1.82, 2.24) is 10.2 Å². The van der Waals surface area contributed by atoms with E-state index in [0.29, 0.717) is 43.4 Å². The number of hydrogen-bond donors (Lipinski definition) is 1. The Kier molecular flexibility index (Phi) is 8.01. The third-order valence-corrected chi connectivity index (χ3v) is 5.05. The lowest BCUT2D eigenvalue weighted by atomic mass is 10.0. The van der Waals surface area contributed by atoms with Gasteiger partial charge in [0.05, 0.1) is 0 Å². The molecule has 0 bridgehead atoms. The molecule has 1 aliphatic rings. The molecule has 0 radical (unpaired) electrons. The van der Waals surface area contributed by atoms with Crippen LogP contribution in [0.3, 0.4) is 0 Å². The highest BCUT2D eigenvalue weighted by Crippen LogP contribution is 2.42. The maximum Gasteiger partial charge on any atom is 0.408 e. The number of nitrogens with one attached hydrogen (secondary N) is 1. The zero-order valence-electron chi connectivity index (χ0n) is 17.2. The van der Waals surface area contributed by atoms with Crippen molar-refractivity contribution in [2.45, 2.75) is 12.2 Å². The summed E-state index contributed by atoms with van der Waals surface area (Å²) in [6, 6.07) is 20.7. The quantitative estimate of drug-likeness (QED) is 0.471. The molecule has 0 spiro atoms. The van der Waals surface area contributed by atoms with E-state index in [-0.39, 0.29) is 23.7 Å². The monoisotopic (exact) mass is 464 g/mol. The van der Waals surface area contributed by atoms with Gasteiger partial charge in [0.2, 0.25) is 0 Å². The molecule has 4 rings (SSSR count). The fourth-order valence-corrected chi connectivity index (χ4v) is 3.64. The van der Waals surface area contributed by atoms with Gasteiger partial charge in [-0.15, -0.1) is 12.4 Å². The first-order valence-corrected chi connectivity index (χ1v) is 10.1. The van der Waals surface area contributed by atoms with Crippen LogP contribution in [0.25, 0.3) is 0 Å². The summed E-state index contributed by atoms with van der Waals surface area (Å²) in [5, 5.41) is 3.10. The summed E-state index contributed by atoms with van der Waals surface area (Å²) in [6.45, 7) is 1.69. The molecule has 1 fully saturated rings. The van der Waals surface area contributed by atoms with Gasteiger partial charge in [-0.2, -0.15) is 13.2 Å². The minimum atomic E-state index is -4.41. The van der Waals surface area contributed by atoms with Crippen LogP contribution in [0.4, 0.5) is 13.2 Å². The second kappa shape index (κ2) is 10.7. The lowest BCUT2D eigenvalue weighted by molar-refractivity contribution is -0.187. The molecule has 3 aromatic rings. The molecule has 1 aliphatic heterocycles. The number of halogens is 4. The van der Waals surface area contributed by atoms with Crippen molar-refractivity contribution in [1.29, 1.82) is 0 Å². The van der Waals surface area contributed by atoms with Crippen LogP contribution in [0.5, 0.6) is 23.0 Å². The van der Waals surface area contributed by atoms with Gasteiger partial charge in [0.15, 0.2) is 11.5 Å². The van der Waals surface area contributed by atoms with Crippen LogP contribution in [-0.2, 0) is 0 Å². The SMILES string of the molecule is Cl.FC(F)(F)[C@@H](c1ccc(Oc2ccccc2)c(Oc2ccccc2)c1)N1CCNCC1. The molecule has 0 amide bonds. The molecule has 3 aromatic carbocycles. The van der Waals surface area contributed by atoms with Gasteiger partial charge in [-0.1, -0.05) is 42.5 Å². The van der Waals surface area contributed by atoms with Gasteiger partial charge in [-0.3, -0.25) is 4.90 Å². The topological polar surface area (TPSA) is 33.7 Å². The van der Waals surface area contributed by atoms with E-state index < -0.39 is 12.2 Å². The predicted octanol–water partition coefficient (Wildman–Crippen LogP) is 6.20. The van der Waals surface area contributed by atoms with E-state index in [0.717, 1.165) is 0 Å². The number of hydrogen-bond acceptors (Lipinski definition) is 4. The van der Waals surface area contributed by atoms with Crippen molar-refractivity contribution in [3.8, 4) is 23.0 Å². The second-order valence-corrected chi connectivity index (χ2v) is 7.27. The molecule has 1 saturated heterocycles. The molecule has 4 nitrogen and oxygen atoms in total. The van der Waals surface area contributed by atoms with Crippen molar-refractivity contribution < 1.29 is 22.6 Å². The Labute approximate surface area is 191 Å².